The van der Waals surface area contributed by atoms with Crippen LogP contribution in [-0.2, 0) is 0 Å². The number of thiazole rings is 1. The van der Waals surface area contributed by atoms with Crippen molar-refractivity contribution in [3.05, 3.63) is 117 Å². The van der Waals surface area contributed by atoms with E-state index in [9.17, 15) is 20.2 Å². The van der Waals surface area contributed by atoms with Crippen molar-refractivity contribution in [3.63, 3.8) is 0 Å². The number of rotatable bonds is 7. The van der Waals surface area contributed by atoms with Gasteiger partial charge in [-0.15, -0.1) is 11.3 Å². The largest absolute Gasteiger partial charge is 0.337 e. The Balaban J connectivity index is 1.25. The maximum absolute atomic E-state index is 12.7. The third-order valence-corrected chi connectivity index (χ3v) is 8.67. The average molecular weight is 609 g/mol. The topological polar surface area (TPSA) is 138 Å². The standard InChI is InChI=1S/C30H17ClN6O3S2/c31-21-6-2-1-5-20(21)29(38)33-19-10-11-24-27(15-19)42-30(36-24)41-26-12-9-17(14-25(26)37(39)40)13-18(16-32)28-34-22-7-3-4-8-23(22)35-28/h1-15H,(H,33,38)(H,34,35)/b18-13+. The predicted molar refractivity (Wildman–Crippen MR) is 166 cm³/mol. The molecule has 6 rings (SSSR count). The van der Waals surface area contributed by atoms with Gasteiger partial charge in [0.2, 0.25) is 0 Å². The van der Waals surface area contributed by atoms with Crippen LogP contribution in [0.4, 0.5) is 11.4 Å². The number of nitro benzene ring substituents is 1. The molecule has 0 radical (unpaired) electrons. The van der Waals surface area contributed by atoms with Crippen molar-refractivity contribution < 1.29 is 9.72 Å². The third-order valence-electron chi connectivity index (χ3n) is 6.20. The van der Waals surface area contributed by atoms with Crippen LogP contribution in [0.1, 0.15) is 21.7 Å². The Morgan fingerprint density at radius 2 is 1.86 bits per heavy atom. The van der Waals surface area contributed by atoms with E-state index in [4.69, 9.17) is 11.6 Å². The third kappa shape index (κ3) is 5.59. The maximum atomic E-state index is 12.7. The van der Waals surface area contributed by atoms with E-state index >= 15 is 0 Å². The molecule has 4 aromatic carbocycles. The van der Waals surface area contributed by atoms with Gasteiger partial charge in [0.05, 0.1) is 47.2 Å². The van der Waals surface area contributed by atoms with Gasteiger partial charge in [-0.25, -0.2) is 9.97 Å². The molecular formula is C30H17ClN6O3S2. The molecule has 0 aliphatic rings. The van der Waals surface area contributed by atoms with Crippen LogP contribution in [0.3, 0.4) is 0 Å². The number of imidazole rings is 1. The molecule has 2 aromatic heterocycles. The summed E-state index contributed by atoms with van der Waals surface area (Å²) < 4.78 is 1.41. The number of fused-ring (bicyclic) bond motifs is 2. The van der Waals surface area contributed by atoms with Crippen LogP contribution >= 0.6 is 34.7 Å². The van der Waals surface area contributed by atoms with Crippen molar-refractivity contribution in [2.24, 2.45) is 0 Å². The molecule has 0 unspecified atom stereocenters. The van der Waals surface area contributed by atoms with Crippen LogP contribution in [0.25, 0.3) is 32.9 Å². The van der Waals surface area contributed by atoms with E-state index in [1.807, 2.05) is 24.3 Å². The van der Waals surface area contributed by atoms with E-state index in [1.165, 1.54) is 29.2 Å². The van der Waals surface area contributed by atoms with Gasteiger partial charge < -0.3 is 10.3 Å². The molecule has 0 saturated carbocycles. The number of hydrogen-bond donors (Lipinski definition) is 2. The number of hydrogen-bond acceptors (Lipinski definition) is 8. The molecule has 0 bridgehead atoms. The predicted octanol–water partition coefficient (Wildman–Crippen LogP) is 8.20. The number of para-hydroxylation sites is 2. The molecule has 42 heavy (non-hydrogen) atoms. The zero-order chi connectivity index (χ0) is 29.2. The van der Waals surface area contributed by atoms with E-state index in [1.54, 1.807) is 60.7 Å². The van der Waals surface area contributed by atoms with Crippen molar-refractivity contribution in [3.8, 4) is 6.07 Å². The van der Waals surface area contributed by atoms with Gasteiger partial charge in [-0.2, -0.15) is 5.26 Å². The second kappa shape index (κ2) is 11.5. The fraction of sp³-hybridized carbons (Fsp3) is 0. The van der Waals surface area contributed by atoms with E-state index in [-0.39, 0.29) is 17.2 Å². The smallest absolute Gasteiger partial charge is 0.283 e. The quantitative estimate of drug-likeness (QED) is 0.106. The molecule has 0 aliphatic carbocycles. The number of amides is 1. The highest BCUT2D eigenvalue weighted by Gasteiger charge is 2.19. The lowest BCUT2D eigenvalue weighted by atomic mass is 10.1. The molecule has 9 nitrogen and oxygen atoms in total. The fourth-order valence-electron chi connectivity index (χ4n) is 4.22. The Morgan fingerprint density at radius 3 is 2.64 bits per heavy atom. The van der Waals surface area contributed by atoms with Gasteiger partial charge in [-0.3, -0.25) is 14.9 Å². The maximum Gasteiger partial charge on any atom is 0.283 e. The Hall–Kier alpha value is -5.02. The monoisotopic (exact) mass is 608 g/mol. The molecule has 12 heteroatoms. The molecule has 2 N–H and O–H groups in total. The zero-order valence-electron chi connectivity index (χ0n) is 21.4. The number of nitro groups is 1. The Labute approximate surface area is 251 Å². The highest BCUT2D eigenvalue weighted by molar-refractivity contribution is 8.01. The molecular weight excluding hydrogens is 592 g/mol. The molecule has 0 atom stereocenters. The average Bonchev–Trinajstić information content (AvgIpc) is 3.60. The second-order valence-corrected chi connectivity index (χ2v) is 11.7. The summed E-state index contributed by atoms with van der Waals surface area (Å²) in [4.78, 5) is 36.8. The van der Waals surface area contributed by atoms with Crippen molar-refractivity contribution in [1.82, 2.24) is 15.0 Å². The number of carbonyl (C=O) groups excluding carboxylic acids is 1. The summed E-state index contributed by atoms with van der Waals surface area (Å²) in [6.07, 6.45) is 1.56. The number of nitrogens with one attached hydrogen (secondary N) is 2. The van der Waals surface area contributed by atoms with Crippen LogP contribution in [0.5, 0.6) is 0 Å². The number of aromatic amines is 1. The van der Waals surface area contributed by atoms with Crippen LogP contribution in [-0.4, -0.2) is 25.8 Å². The van der Waals surface area contributed by atoms with Crippen molar-refractivity contribution >= 4 is 84.9 Å². The lowest BCUT2D eigenvalue weighted by Gasteiger charge is -2.06. The summed E-state index contributed by atoms with van der Waals surface area (Å²) in [7, 11) is 0. The number of halogens is 1. The minimum Gasteiger partial charge on any atom is -0.337 e. The molecule has 0 fully saturated rings. The number of carbonyl (C=O) groups is 1. The first-order valence-corrected chi connectivity index (χ1v) is 14.4. The van der Waals surface area contributed by atoms with Crippen LogP contribution < -0.4 is 5.32 Å². The Bertz CT molecular complexity index is 2060. The van der Waals surface area contributed by atoms with Crippen molar-refractivity contribution in [1.29, 1.82) is 5.26 Å². The minimum absolute atomic E-state index is 0.109. The number of benzene rings is 4. The van der Waals surface area contributed by atoms with Gasteiger partial charge >= 0.3 is 0 Å². The first-order chi connectivity index (χ1) is 20.4. The molecule has 2 heterocycles. The van der Waals surface area contributed by atoms with E-state index in [2.05, 4.69) is 26.3 Å². The minimum atomic E-state index is -0.456. The van der Waals surface area contributed by atoms with Crippen LogP contribution in [0.15, 0.2) is 94.2 Å². The summed E-state index contributed by atoms with van der Waals surface area (Å²) in [6, 6.07) is 26.4. The van der Waals surface area contributed by atoms with Gasteiger partial charge in [-0.05, 0) is 60.2 Å². The van der Waals surface area contributed by atoms with E-state index in [0.717, 1.165) is 15.7 Å². The number of H-pyrrole nitrogens is 1. The highest BCUT2D eigenvalue weighted by atomic mass is 35.5. The molecule has 0 spiro atoms. The lowest BCUT2D eigenvalue weighted by Crippen LogP contribution is -2.12. The number of nitrogens with zero attached hydrogens (tertiary/aromatic N) is 4. The summed E-state index contributed by atoms with van der Waals surface area (Å²) in [5.41, 5.74) is 3.79. The van der Waals surface area contributed by atoms with Crippen LogP contribution in [0, 0.1) is 21.4 Å². The van der Waals surface area contributed by atoms with Crippen molar-refractivity contribution in [2.45, 2.75) is 9.24 Å². The van der Waals surface area contributed by atoms with Crippen LogP contribution in [0.2, 0.25) is 5.02 Å². The first-order valence-electron chi connectivity index (χ1n) is 12.4. The summed E-state index contributed by atoms with van der Waals surface area (Å²) in [5, 5.41) is 24.9. The fourth-order valence-corrected chi connectivity index (χ4v) is 6.59. The van der Waals surface area contributed by atoms with Gasteiger partial charge in [0.1, 0.15) is 11.9 Å². The van der Waals surface area contributed by atoms with Gasteiger partial charge in [0.15, 0.2) is 4.34 Å². The van der Waals surface area contributed by atoms with Gasteiger partial charge in [-0.1, -0.05) is 53.7 Å². The lowest BCUT2D eigenvalue weighted by molar-refractivity contribution is -0.387. The molecule has 6 aromatic rings. The highest BCUT2D eigenvalue weighted by Crippen LogP contribution is 2.40. The molecule has 204 valence electrons. The Kier molecular flexibility index (Phi) is 7.41. The molecule has 0 aliphatic heterocycles. The summed E-state index contributed by atoms with van der Waals surface area (Å²) in [6.45, 7) is 0. The summed E-state index contributed by atoms with van der Waals surface area (Å²) >= 11 is 8.67. The van der Waals surface area contributed by atoms with E-state index < -0.39 is 4.92 Å². The normalized spacial score (nSPS) is 11.5. The Morgan fingerprint density at radius 1 is 1.05 bits per heavy atom. The second-order valence-electron chi connectivity index (χ2n) is 8.95. The zero-order valence-corrected chi connectivity index (χ0v) is 23.8. The van der Waals surface area contributed by atoms with Crippen molar-refractivity contribution in [2.75, 3.05) is 5.32 Å². The summed E-state index contributed by atoms with van der Waals surface area (Å²) in [5.74, 6) is 0.0559. The number of allylic oxidation sites excluding steroid dienone is 1. The number of aromatic nitrogens is 3. The number of anilines is 1. The first kappa shape index (κ1) is 27.2. The van der Waals surface area contributed by atoms with E-state index in [0.29, 0.717) is 42.4 Å². The van der Waals surface area contributed by atoms with Gasteiger partial charge in [0.25, 0.3) is 11.6 Å². The number of nitriles is 1. The SMILES string of the molecule is N#C/C(=C\c1ccc(Sc2nc3ccc(NC(=O)c4ccccc4Cl)cc3s2)c([N+](=O)[O-])c1)c1nc2ccccc2[nH]1. The van der Waals surface area contributed by atoms with Gasteiger partial charge in [0, 0.05) is 11.8 Å². The molecule has 0 saturated heterocycles. The molecule has 1 amide bonds.